The summed E-state index contributed by atoms with van der Waals surface area (Å²) in [4.78, 5) is 0.458. The number of anilines is 1. The molecule has 4 heteroatoms. The standard InChI is InChI=1S/C16H25NO2S/c1-3-11-20(18,19)16-10-5-4-9-15(16)17-14-8-6-7-13(2)12-14/h4-5,9-10,13-14,17H,3,6-8,11-12H2,1-2H3. The molecule has 1 aliphatic rings. The first kappa shape index (κ1) is 15.4. The maximum atomic E-state index is 12.3. The molecule has 20 heavy (non-hydrogen) atoms. The normalized spacial score (nSPS) is 23.5. The second-order valence-electron chi connectivity index (χ2n) is 5.93. The molecule has 1 aliphatic carbocycles. The number of para-hydroxylation sites is 1. The summed E-state index contributed by atoms with van der Waals surface area (Å²) < 4.78 is 24.6. The lowest BCUT2D eigenvalue weighted by Crippen LogP contribution is -2.27. The molecular formula is C16H25NO2S. The molecule has 0 radical (unpaired) electrons. The van der Waals surface area contributed by atoms with E-state index in [0.717, 1.165) is 24.4 Å². The molecule has 2 atom stereocenters. The molecule has 1 saturated carbocycles. The Morgan fingerprint density at radius 3 is 2.70 bits per heavy atom. The van der Waals surface area contributed by atoms with E-state index in [4.69, 9.17) is 0 Å². The third-order valence-electron chi connectivity index (χ3n) is 3.99. The number of rotatable bonds is 5. The van der Waals surface area contributed by atoms with E-state index >= 15 is 0 Å². The lowest BCUT2D eigenvalue weighted by molar-refractivity contribution is 0.358. The molecule has 2 unspecified atom stereocenters. The van der Waals surface area contributed by atoms with Gasteiger partial charge < -0.3 is 5.32 Å². The highest BCUT2D eigenvalue weighted by Crippen LogP contribution is 2.29. The van der Waals surface area contributed by atoms with Crippen molar-refractivity contribution in [3.05, 3.63) is 24.3 Å². The Morgan fingerprint density at radius 1 is 1.25 bits per heavy atom. The lowest BCUT2D eigenvalue weighted by atomic mass is 9.87. The van der Waals surface area contributed by atoms with Crippen molar-refractivity contribution < 1.29 is 8.42 Å². The van der Waals surface area contributed by atoms with Gasteiger partial charge >= 0.3 is 0 Å². The summed E-state index contributed by atoms with van der Waals surface area (Å²) in [5.41, 5.74) is 0.778. The van der Waals surface area contributed by atoms with Crippen molar-refractivity contribution in [3.8, 4) is 0 Å². The van der Waals surface area contributed by atoms with Crippen LogP contribution in [0.4, 0.5) is 5.69 Å². The van der Waals surface area contributed by atoms with E-state index in [0.29, 0.717) is 17.4 Å². The predicted molar refractivity (Wildman–Crippen MR) is 83.8 cm³/mol. The largest absolute Gasteiger partial charge is 0.381 e. The van der Waals surface area contributed by atoms with Crippen LogP contribution >= 0.6 is 0 Å². The van der Waals surface area contributed by atoms with Crippen LogP contribution in [0.3, 0.4) is 0 Å². The average Bonchev–Trinajstić information content (AvgIpc) is 2.39. The fourth-order valence-electron chi connectivity index (χ4n) is 3.02. The summed E-state index contributed by atoms with van der Waals surface area (Å²) in [6.45, 7) is 4.17. The summed E-state index contributed by atoms with van der Waals surface area (Å²) in [6, 6.07) is 7.72. The van der Waals surface area contributed by atoms with E-state index in [2.05, 4.69) is 12.2 Å². The molecule has 0 aromatic heterocycles. The Kier molecular flexibility index (Phi) is 5.08. The van der Waals surface area contributed by atoms with Crippen molar-refractivity contribution in [2.45, 2.75) is 56.9 Å². The quantitative estimate of drug-likeness (QED) is 0.897. The number of hydrogen-bond acceptors (Lipinski definition) is 3. The molecule has 0 saturated heterocycles. The van der Waals surface area contributed by atoms with Gasteiger partial charge in [-0.3, -0.25) is 0 Å². The zero-order valence-electron chi connectivity index (χ0n) is 12.4. The highest BCUT2D eigenvalue weighted by molar-refractivity contribution is 7.91. The number of sulfone groups is 1. The van der Waals surface area contributed by atoms with Crippen LogP contribution in [0.15, 0.2) is 29.2 Å². The minimum absolute atomic E-state index is 0.215. The molecular weight excluding hydrogens is 270 g/mol. The summed E-state index contributed by atoms with van der Waals surface area (Å²) in [7, 11) is -3.17. The zero-order valence-corrected chi connectivity index (χ0v) is 13.2. The Hall–Kier alpha value is -1.03. The van der Waals surface area contributed by atoms with E-state index in [1.807, 2.05) is 19.1 Å². The molecule has 3 nitrogen and oxygen atoms in total. The van der Waals surface area contributed by atoms with Gasteiger partial charge in [0.05, 0.1) is 16.3 Å². The monoisotopic (exact) mass is 295 g/mol. The summed E-state index contributed by atoms with van der Waals surface area (Å²) in [6.07, 6.45) is 5.42. The minimum Gasteiger partial charge on any atom is -0.381 e. The lowest BCUT2D eigenvalue weighted by Gasteiger charge is -2.29. The van der Waals surface area contributed by atoms with E-state index in [1.165, 1.54) is 12.8 Å². The van der Waals surface area contributed by atoms with Crippen molar-refractivity contribution in [1.29, 1.82) is 0 Å². The fourth-order valence-corrected chi connectivity index (χ4v) is 4.53. The van der Waals surface area contributed by atoms with Crippen molar-refractivity contribution in [1.82, 2.24) is 0 Å². The van der Waals surface area contributed by atoms with Crippen LogP contribution in [-0.2, 0) is 9.84 Å². The van der Waals surface area contributed by atoms with Crippen molar-refractivity contribution in [2.24, 2.45) is 5.92 Å². The second kappa shape index (κ2) is 6.61. The highest BCUT2D eigenvalue weighted by atomic mass is 32.2. The van der Waals surface area contributed by atoms with Gasteiger partial charge in [-0.05, 0) is 37.3 Å². The summed E-state index contributed by atoms with van der Waals surface area (Å²) in [5.74, 6) is 0.938. The molecule has 0 heterocycles. The number of nitrogens with one attached hydrogen (secondary N) is 1. The molecule has 0 bridgehead atoms. The molecule has 112 valence electrons. The maximum absolute atomic E-state index is 12.3. The topological polar surface area (TPSA) is 46.2 Å². The van der Waals surface area contributed by atoms with Crippen LogP contribution in [0.5, 0.6) is 0 Å². The van der Waals surface area contributed by atoms with Crippen molar-refractivity contribution in [3.63, 3.8) is 0 Å². The summed E-state index contributed by atoms with van der Waals surface area (Å²) in [5, 5.41) is 3.47. The number of hydrogen-bond donors (Lipinski definition) is 1. The smallest absolute Gasteiger partial charge is 0.180 e. The van der Waals surface area contributed by atoms with E-state index in [1.54, 1.807) is 12.1 Å². The minimum atomic E-state index is -3.17. The van der Waals surface area contributed by atoms with Crippen LogP contribution in [0.25, 0.3) is 0 Å². The highest BCUT2D eigenvalue weighted by Gasteiger charge is 2.22. The molecule has 0 amide bonds. The van der Waals surface area contributed by atoms with Gasteiger partial charge in [-0.15, -0.1) is 0 Å². The van der Waals surface area contributed by atoms with Gasteiger partial charge in [-0.25, -0.2) is 8.42 Å². The van der Waals surface area contributed by atoms with E-state index in [9.17, 15) is 8.42 Å². The van der Waals surface area contributed by atoms with Crippen LogP contribution in [0.2, 0.25) is 0 Å². The molecule has 1 N–H and O–H groups in total. The van der Waals surface area contributed by atoms with E-state index < -0.39 is 9.84 Å². The van der Waals surface area contributed by atoms with Gasteiger partial charge in [0.15, 0.2) is 9.84 Å². The number of benzene rings is 1. The predicted octanol–water partition coefficient (Wildman–Crippen LogP) is 3.86. The van der Waals surface area contributed by atoms with Crippen molar-refractivity contribution >= 4 is 15.5 Å². The van der Waals surface area contributed by atoms with Gasteiger partial charge in [-0.2, -0.15) is 0 Å². The molecule has 2 rings (SSSR count). The second-order valence-corrected chi connectivity index (χ2v) is 8.01. The van der Waals surface area contributed by atoms with Crippen molar-refractivity contribution in [2.75, 3.05) is 11.1 Å². The van der Waals surface area contributed by atoms with Gasteiger partial charge in [0.2, 0.25) is 0 Å². The van der Waals surface area contributed by atoms with Crippen LogP contribution < -0.4 is 5.32 Å². The van der Waals surface area contributed by atoms with Gasteiger partial charge in [0.25, 0.3) is 0 Å². The molecule has 0 spiro atoms. The third kappa shape index (κ3) is 3.75. The molecule has 1 fully saturated rings. The van der Waals surface area contributed by atoms with Gasteiger partial charge in [0.1, 0.15) is 0 Å². The van der Waals surface area contributed by atoms with Crippen LogP contribution in [0, 0.1) is 5.92 Å². The Balaban J connectivity index is 2.20. The third-order valence-corrected chi connectivity index (χ3v) is 5.96. The zero-order chi connectivity index (χ0) is 14.6. The summed E-state index contributed by atoms with van der Waals surface area (Å²) >= 11 is 0. The molecule has 0 aliphatic heterocycles. The SMILES string of the molecule is CCCS(=O)(=O)c1ccccc1NC1CCCC(C)C1. The Bertz CT molecular complexity index is 539. The van der Waals surface area contributed by atoms with E-state index in [-0.39, 0.29) is 5.75 Å². The average molecular weight is 295 g/mol. The fraction of sp³-hybridized carbons (Fsp3) is 0.625. The first-order valence-corrected chi connectivity index (χ1v) is 9.26. The molecule has 1 aromatic carbocycles. The Morgan fingerprint density at radius 2 is 2.00 bits per heavy atom. The van der Waals surface area contributed by atoms with Gasteiger partial charge in [0, 0.05) is 6.04 Å². The first-order chi connectivity index (χ1) is 9.53. The Labute approximate surface area is 122 Å². The van der Waals surface area contributed by atoms with Crippen LogP contribution in [-0.4, -0.2) is 20.2 Å². The first-order valence-electron chi connectivity index (χ1n) is 7.61. The van der Waals surface area contributed by atoms with Crippen LogP contribution in [0.1, 0.15) is 46.0 Å². The van der Waals surface area contributed by atoms with Gasteiger partial charge in [-0.1, -0.05) is 38.8 Å². The molecule has 1 aromatic rings. The maximum Gasteiger partial charge on any atom is 0.180 e.